The second kappa shape index (κ2) is 7.11. The van der Waals surface area contributed by atoms with Crippen LogP contribution in [0.1, 0.15) is 19.3 Å². The monoisotopic (exact) mass is 480 g/mol. The summed E-state index contributed by atoms with van der Waals surface area (Å²) in [4.78, 5) is 23.5. The average molecular weight is 482 g/mol. The van der Waals surface area contributed by atoms with Gasteiger partial charge in [0.1, 0.15) is 9.75 Å². The molecule has 0 radical (unpaired) electrons. The van der Waals surface area contributed by atoms with Gasteiger partial charge in [-0.25, -0.2) is 9.59 Å². The van der Waals surface area contributed by atoms with Crippen LogP contribution in [0, 0.1) is 0 Å². The second-order valence-corrected chi connectivity index (χ2v) is 7.99. The number of aromatic carboxylic acids is 2. The lowest BCUT2D eigenvalue weighted by Gasteiger charge is -2.08. The molecule has 7 heteroatoms. The van der Waals surface area contributed by atoms with Crippen molar-refractivity contribution >= 4 is 55.1 Å². The van der Waals surface area contributed by atoms with Crippen molar-refractivity contribution in [1.29, 1.82) is 0 Å². The van der Waals surface area contributed by atoms with Gasteiger partial charge in [-0.15, -0.1) is 11.3 Å². The number of benzene rings is 2. The van der Waals surface area contributed by atoms with E-state index in [0.717, 1.165) is 20.3 Å². The number of carboxylic acids is 2. The highest BCUT2D eigenvalue weighted by molar-refractivity contribution is 9.10. The Morgan fingerprint density at radius 1 is 0.680 bits per heavy atom. The van der Waals surface area contributed by atoms with Gasteiger partial charge in [0, 0.05) is 20.1 Å². The standard InChI is InChI=1S/C18H10Br2O4S/c19-11-5-1-9(2-6-11)13-14(10-3-7-12(20)8-4-10)16(18(23)24)25-15(13)17(21)22/h1-8H,(H,21,22)(H,23,24). The van der Waals surface area contributed by atoms with Gasteiger partial charge in [-0.2, -0.15) is 0 Å². The van der Waals surface area contributed by atoms with Crippen LogP contribution in [0.3, 0.4) is 0 Å². The van der Waals surface area contributed by atoms with E-state index in [4.69, 9.17) is 0 Å². The Hall–Kier alpha value is -1.96. The Bertz CT molecular complexity index is 882. The van der Waals surface area contributed by atoms with E-state index in [1.54, 1.807) is 48.5 Å². The lowest BCUT2D eigenvalue weighted by atomic mass is 9.95. The van der Waals surface area contributed by atoms with Crippen LogP contribution >= 0.6 is 43.2 Å². The zero-order valence-electron chi connectivity index (χ0n) is 12.5. The van der Waals surface area contributed by atoms with Crippen LogP contribution in [0.2, 0.25) is 0 Å². The third-order valence-electron chi connectivity index (χ3n) is 3.56. The van der Waals surface area contributed by atoms with Crippen molar-refractivity contribution in [3.63, 3.8) is 0 Å². The molecule has 0 aliphatic heterocycles. The third-order valence-corrected chi connectivity index (χ3v) is 5.79. The molecule has 0 unspecified atom stereocenters. The van der Waals surface area contributed by atoms with Crippen LogP contribution < -0.4 is 0 Å². The van der Waals surface area contributed by atoms with Gasteiger partial charge in [0.05, 0.1) is 0 Å². The topological polar surface area (TPSA) is 74.6 Å². The van der Waals surface area contributed by atoms with Crippen molar-refractivity contribution in [2.45, 2.75) is 0 Å². The molecule has 1 aromatic heterocycles. The first-order valence-electron chi connectivity index (χ1n) is 7.03. The van der Waals surface area contributed by atoms with E-state index in [-0.39, 0.29) is 9.75 Å². The molecular weight excluding hydrogens is 472 g/mol. The first kappa shape index (κ1) is 17.8. The summed E-state index contributed by atoms with van der Waals surface area (Å²) in [6.45, 7) is 0. The normalized spacial score (nSPS) is 10.6. The third kappa shape index (κ3) is 3.53. The number of thiophene rings is 1. The van der Waals surface area contributed by atoms with Crippen LogP contribution in [-0.4, -0.2) is 22.2 Å². The van der Waals surface area contributed by atoms with E-state index < -0.39 is 11.9 Å². The first-order chi connectivity index (χ1) is 11.9. The summed E-state index contributed by atoms with van der Waals surface area (Å²) in [5.74, 6) is -2.29. The first-order valence-corrected chi connectivity index (χ1v) is 9.44. The van der Waals surface area contributed by atoms with Crippen molar-refractivity contribution in [1.82, 2.24) is 0 Å². The zero-order valence-corrected chi connectivity index (χ0v) is 16.5. The smallest absolute Gasteiger partial charge is 0.346 e. The second-order valence-electron chi connectivity index (χ2n) is 5.13. The van der Waals surface area contributed by atoms with E-state index in [0.29, 0.717) is 22.3 Å². The number of carbonyl (C=O) groups is 2. The highest BCUT2D eigenvalue weighted by Gasteiger charge is 2.27. The number of hydrogen-bond donors (Lipinski definition) is 2. The van der Waals surface area contributed by atoms with Crippen LogP contribution in [0.15, 0.2) is 57.5 Å². The van der Waals surface area contributed by atoms with Crippen LogP contribution in [0.5, 0.6) is 0 Å². The molecule has 0 fully saturated rings. The molecule has 0 aliphatic rings. The molecule has 4 nitrogen and oxygen atoms in total. The van der Waals surface area contributed by atoms with Crippen molar-refractivity contribution in [3.05, 3.63) is 67.2 Å². The number of carboxylic acid groups (broad SMARTS) is 2. The molecule has 0 saturated heterocycles. The Labute approximate surface area is 164 Å². The maximum atomic E-state index is 11.7. The van der Waals surface area contributed by atoms with Crippen molar-refractivity contribution < 1.29 is 19.8 Å². The molecule has 2 N–H and O–H groups in total. The minimum atomic E-state index is -1.14. The molecule has 0 amide bonds. The molecule has 0 aliphatic carbocycles. The predicted molar refractivity (Wildman–Crippen MR) is 105 cm³/mol. The minimum Gasteiger partial charge on any atom is -0.477 e. The van der Waals surface area contributed by atoms with Crippen LogP contribution in [-0.2, 0) is 0 Å². The summed E-state index contributed by atoms with van der Waals surface area (Å²) < 4.78 is 1.71. The van der Waals surface area contributed by atoms with Crippen molar-refractivity contribution in [3.8, 4) is 22.3 Å². The Kier molecular flexibility index (Phi) is 5.08. The molecule has 0 saturated carbocycles. The summed E-state index contributed by atoms with van der Waals surface area (Å²) in [6, 6.07) is 14.3. The Balaban J connectivity index is 2.37. The summed E-state index contributed by atoms with van der Waals surface area (Å²) in [7, 11) is 0. The van der Waals surface area contributed by atoms with E-state index in [1.165, 1.54) is 0 Å². The summed E-state index contributed by atoms with van der Waals surface area (Å²) in [5, 5.41) is 19.2. The fourth-order valence-electron chi connectivity index (χ4n) is 2.52. The fraction of sp³-hybridized carbons (Fsp3) is 0. The molecule has 3 aromatic rings. The number of hydrogen-bond acceptors (Lipinski definition) is 3. The highest BCUT2D eigenvalue weighted by Crippen LogP contribution is 2.43. The van der Waals surface area contributed by atoms with Crippen molar-refractivity contribution in [2.24, 2.45) is 0 Å². The van der Waals surface area contributed by atoms with E-state index >= 15 is 0 Å². The molecule has 3 rings (SSSR count). The molecule has 126 valence electrons. The molecule has 25 heavy (non-hydrogen) atoms. The van der Waals surface area contributed by atoms with Gasteiger partial charge in [-0.3, -0.25) is 0 Å². The Morgan fingerprint density at radius 2 is 1.00 bits per heavy atom. The Morgan fingerprint density at radius 3 is 1.28 bits per heavy atom. The van der Waals surface area contributed by atoms with Gasteiger partial charge in [0.15, 0.2) is 0 Å². The number of rotatable bonds is 4. The van der Waals surface area contributed by atoms with Crippen LogP contribution in [0.25, 0.3) is 22.3 Å². The fourth-order valence-corrected chi connectivity index (χ4v) is 4.07. The van der Waals surface area contributed by atoms with E-state index in [9.17, 15) is 19.8 Å². The average Bonchev–Trinajstić information content (AvgIpc) is 2.97. The predicted octanol–water partition coefficient (Wildman–Crippen LogP) is 6.00. The lowest BCUT2D eigenvalue weighted by Crippen LogP contribution is -1.96. The molecule has 0 atom stereocenters. The highest BCUT2D eigenvalue weighted by atomic mass is 79.9. The van der Waals surface area contributed by atoms with Crippen molar-refractivity contribution in [2.75, 3.05) is 0 Å². The summed E-state index contributed by atoms with van der Waals surface area (Å²) >= 11 is 7.48. The number of halogens is 2. The van der Waals surface area contributed by atoms with E-state index in [1.807, 2.05) is 0 Å². The zero-order chi connectivity index (χ0) is 18.1. The van der Waals surface area contributed by atoms with Gasteiger partial charge in [0.25, 0.3) is 0 Å². The van der Waals surface area contributed by atoms with Gasteiger partial charge >= 0.3 is 11.9 Å². The molecule has 0 spiro atoms. The quantitative estimate of drug-likeness (QED) is 0.479. The largest absolute Gasteiger partial charge is 0.477 e. The summed E-state index contributed by atoms with van der Waals surface area (Å²) in [6.07, 6.45) is 0. The van der Waals surface area contributed by atoms with Gasteiger partial charge < -0.3 is 10.2 Å². The van der Waals surface area contributed by atoms with E-state index in [2.05, 4.69) is 31.9 Å². The molecule has 1 heterocycles. The summed E-state index contributed by atoms with van der Waals surface area (Å²) in [5.41, 5.74) is 2.15. The maximum absolute atomic E-state index is 11.7. The van der Waals surface area contributed by atoms with Gasteiger partial charge in [0.2, 0.25) is 0 Å². The lowest BCUT2D eigenvalue weighted by molar-refractivity contribution is 0.0694. The SMILES string of the molecule is O=C(O)c1sc(C(=O)O)c(-c2ccc(Br)cc2)c1-c1ccc(Br)cc1. The van der Waals surface area contributed by atoms with Crippen LogP contribution in [0.4, 0.5) is 0 Å². The minimum absolute atomic E-state index is 0.0117. The van der Waals surface area contributed by atoms with Gasteiger partial charge in [-0.05, 0) is 35.4 Å². The van der Waals surface area contributed by atoms with Gasteiger partial charge in [-0.1, -0.05) is 56.1 Å². The molecular formula is C18H10Br2O4S. The molecule has 0 bridgehead atoms. The maximum Gasteiger partial charge on any atom is 0.346 e. The molecule has 2 aromatic carbocycles.